The van der Waals surface area contributed by atoms with Crippen LogP contribution in [0.25, 0.3) is 0 Å². The number of aliphatic imine (C=N–C) groups is 1. The van der Waals surface area contributed by atoms with Crippen molar-refractivity contribution < 1.29 is 36.7 Å². The van der Waals surface area contributed by atoms with Crippen molar-refractivity contribution in [3.8, 4) is 11.5 Å². The summed E-state index contributed by atoms with van der Waals surface area (Å²) in [5.41, 5.74) is 0.207. The highest BCUT2D eigenvalue weighted by Crippen LogP contribution is 2.48. The number of benzene rings is 2. The summed E-state index contributed by atoms with van der Waals surface area (Å²) in [6.45, 7) is 1.36. The Morgan fingerprint density at radius 2 is 1.92 bits per heavy atom. The van der Waals surface area contributed by atoms with E-state index in [0.717, 1.165) is 16.8 Å². The minimum Gasteiger partial charge on any atom is -0.492 e. The zero-order chi connectivity index (χ0) is 27.7. The van der Waals surface area contributed by atoms with Crippen LogP contribution in [0.5, 0.6) is 11.5 Å². The topological polar surface area (TPSA) is 93.7 Å². The Morgan fingerprint density at radius 1 is 1.15 bits per heavy atom. The highest BCUT2D eigenvalue weighted by molar-refractivity contribution is 8.14. The summed E-state index contributed by atoms with van der Waals surface area (Å²) in [7, 11) is 1.41. The van der Waals surface area contributed by atoms with Crippen molar-refractivity contribution in [1.29, 1.82) is 0 Å². The third-order valence-electron chi connectivity index (χ3n) is 5.85. The standard InChI is InChI=1S/C27H20F3N3O5S/c1-14(34)21-7-6-17(38-21)13-37-22-5-3-4-18(24(22)36-2)27-33(32-25(39-27)15-8-9-31-12-15)26(35)23-19(29)10-16(28)11-20(23)30/h3-7,9-12,27H,8,13H2,1-2H3. The monoisotopic (exact) mass is 555 g/mol. The number of hydrogen-bond acceptors (Lipinski definition) is 8. The van der Waals surface area contributed by atoms with Gasteiger partial charge in [0.25, 0.3) is 5.91 Å². The van der Waals surface area contributed by atoms with Crippen LogP contribution in [0.15, 0.2) is 68.7 Å². The maximum absolute atomic E-state index is 14.6. The smallest absolute Gasteiger partial charge is 0.281 e. The molecule has 3 heterocycles. The molecule has 0 aliphatic carbocycles. The Labute approximate surface area is 224 Å². The number of halogens is 3. The molecule has 8 nitrogen and oxygen atoms in total. The molecule has 0 N–H and O–H groups in total. The summed E-state index contributed by atoms with van der Waals surface area (Å²) < 4.78 is 59.7. The minimum absolute atomic E-state index is 0.0223. The van der Waals surface area contributed by atoms with Crippen LogP contribution < -0.4 is 9.47 Å². The molecule has 5 rings (SSSR count). The van der Waals surface area contributed by atoms with E-state index in [2.05, 4.69) is 10.1 Å². The second-order valence-corrected chi connectivity index (χ2v) is 9.52. The van der Waals surface area contributed by atoms with Crippen molar-refractivity contribution in [1.82, 2.24) is 5.01 Å². The molecular formula is C27H20F3N3O5S. The first-order chi connectivity index (χ1) is 18.8. The van der Waals surface area contributed by atoms with Crippen LogP contribution in [0.1, 0.15) is 51.0 Å². The Kier molecular flexibility index (Phi) is 7.29. The quantitative estimate of drug-likeness (QED) is 0.314. The molecule has 0 saturated carbocycles. The van der Waals surface area contributed by atoms with Gasteiger partial charge in [-0.05, 0) is 18.2 Å². The summed E-state index contributed by atoms with van der Waals surface area (Å²) in [5, 5.41) is 4.82. The van der Waals surface area contributed by atoms with Gasteiger partial charge in [-0.2, -0.15) is 5.10 Å². The summed E-state index contributed by atoms with van der Waals surface area (Å²) in [6, 6.07) is 9.00. The number of ketones is 1. The van der Waals surface area contributed by atoms with Gasteiger partial charge in [0.05, 0.1) is 7.11 Å². The van der Waals surface area contributed by atoms with Crippen molar-refractivity contribution in [2.75, 3.05) is 7.11 Å². The molecule has 0 radical (unpaired) electrons. The number of furan rings is 1. The SMILES string of the molecule is COc1c(OCc2ccc(C(C)=O)o2)cccc1C1SC(C2=CN=CC2)=NN1C(=O)c1c(F)cc(F)cc1F. The first-order valence-electron chi connectivity index (χ1n) is 11.6. The summed E-state index contributed by atoms with van der Waals surface area (Å²) >= 11 is 1.16. The average molecular weight is 556 g/mol. The number of Topliss-reactive ketones (excluding diaryl/α,β-unsaturated/α-hetero) is 1. The normalized spacial score (nSPS) is 16.3. The highest BCUT2D eigenvalue weighted by atomic mass is 32.2. The van der Waals surface area contributed by atoms with E-state index in [0.29, 0.717) is 46.2 Å². The molecular weight excluding hydrogens is 535 g/mol. The van der Waals surface area contributed by atoms with E-state index < -0.39 is 34.3 Å². The first kappa shape index (κ1) is 26.3. The number of amides is 1. The molecule has 39 heavy (non-hydrogen) atoms. The summed E-state index contributed by atoms with van der Waals surface area (Å²) in [6.07, 6.45) is 3.72. The molecule has 2 aromatic carbocycles. The first-order valence-corrected chi connectivity index (χ1v) is 12.5. The molecule has 1 aromatic heterocycles. The molecule has 0 bridgehead atoms. The summed E-state index contributed by atoms with van der Waals surface area (Å²) in [5.74, 6) is -4.03. The van der Waals surface area contributed by atoms with Crippen LogP contribution in [0.4, 0.5) is 13.2 Å². The van der Waals surface area contributed by atoms with Crippen molar-refractivity contribution in [3.05, 3.63) is 94.3 Å². The second kappa shape index (κ2) is 10.8. The number of hydrazone groups is 1. The van der Waals surface area contributed by atoms with E-state index in [1.165, 1.54) is 14.0 Å². The molecule has 0 saturated heterocycles. The number of rotatable bonds is 8. The third kappa shape index (κ3) is 5.19. The third-order valence-corrected chi connectivity index (χ3v) is 7.10. The number of methoxy groups -OCH3 is 1. The maximum atomic E-state index is 14.6. The van der Waals surface area contributed by atoms with Gasteiger partial charge < -0.3 is 13.9 Å². The lowest BCUT2D eigenvalue weighted by Crippen LogP contribution is -2.28. The number of carbonyl (C=O) groups is 2. The molecule has 1 unspecified atom stereocenters. The predicted molar refractivity (Wildman–Crippen MR) is 137 cm³/mol. The fraction of sp³-hybridized carbons (Fsp3) is 0.185. The van der Waals surface area contributed by atoms with Gasteiger partial charge in [0.15, 0.2) is 23.0 Å². The van der Waals surface area contributed by atoms with Gasteiger partial charge in [-0.3, -0.25) is 14.6 Å². The van der Waals surface area contributed by atoms with Crippen LogP contribution >= 0.6 is 11.8 Å². The fourth-order valence-electron chi connectivity index (χ4n) is 4.02. The van der Waals surface area contributed by atoms with Crippen molar-refractivity contribution in [3.63, 3.8) is 0 Å². The Bertz CT molecular complexity index is 1540. The van der Waals surface area contributed by atoms with Crippen LogP contribution in [0.3, 0.4) is 0 Å². The van der Waals surface area contributed by atoms with Crippen LogP contribution in [-0.4, -0.2) is 35.1 Å². The lowest BCUT2D eigenvalue weighted by molar-refractivity contribution is 0.0737. The zero-order valence-electron chi connectivity index (χ0n) is 20.6. The van der Waals surface area contributed by atoms with Gasteiger partial charge in [0.2, 0.25) is 0 Å². The van der Waals surface area contributed by atoms with Crippen LogP contribution in [-0.2, 0) is 6.61 Å². The molecule has 200 valence electrons. The van der Waals surface area contributed by atoms with Gasteiger partial charge in [-0.15, -0.1) is 0 Å². The van der Waals surface area contributed by atoms with E-state index >= 15 is 0 Å². The van der Waals surface area contributed by atoms with E-state index in [9.17, 15) is 22.8 Å². The number of thioether (sulfide) groups is 1. The van der Waals surface area contributed by atoms with E-state index in [-0.39, 0.29) is 23.9 Å². The van der Waals surface area contributed by atoms with E-state index in [4.69, 9.17) is 13.9 Å². The molecule has 2 aliphatic heterocycles. The molecule has 3 aromatic rings. The number of nitrogens with zero attached hydrogens (tertiary/aromatic N) is 3. The van der Waals surface area contributed by atoms with Crippen LogP contribution in [0, 0.1) is 17.5 Å². The van der Waals surface area contributed by atoms with E-state index in [1.54, 1.807) is 42.7 Å². The second-order valence-electron chi connectivity index (χ2n) is 8.45. The van der Waals surface area contributed by atoms with Gasteiger partial charge in [0.1, 0.15) is 45.8 Å². The van der Waals surface area contributed by atoms with Gasteiger partial charge in [0, 0.05) is 49.0 Å². The van der Waals surface area contributed by atoms with Crippen molar-refractivity contribution in [2.45, 2.75) is 25.3 Å². The predicted octanol–water partition coefficient (Wildman–Crippen LogP) is 6.05. The molecule has 1 amide bonds. The minimum atomic E-state index is -1.35. The zero-order valence-corrected chi connectivity index (χ0v) is 21.4. The number of carbonyl (C=O) groups excluding carboxylic acids is 2. The number of ether oxygens (including phenoxy) is 2. The largest absolute Gasteiger partial charge is 0.492 e. The number of hydrogen-bond donors (Lipinski definition) is 0. The molecule has 0 spiro atoms. The maximum Gasteiger partial charge on any atom is 0.281 e. The van der Waals surface area contributed by atoms with Crippen LogP contribution in [0.2, 0.25) is 0 Å². The van der Waals surface area contributed by atoms with Crippen molar-refractivity contribution >= 4 is 34.7 Å². The van der Waals surface area contributed by atoms with Gasteiger partial charge >= 0.3 is 0 Å². The molecule has 0 fully saturated rings. The molecule has 12 heteroatoms. The summed E-state index contributed by atoms with van der Waals surface area (Å²) in [4.78, 5) is 29.0. The highest BCUT2D eigenvalue weighted by Gasteiger charge is 2.39. The van der Waals surface area contributed by atoms with Crippen molar-refractivity contribution in [2.24, 2.45) is 10.1 Å². The Morgan fingerprint density at radius 3 is 2.56 bits per heavy atom. The lowest BCUT2D eigenvalue weighted by atomic mass is 10.1. The Balaban J connectivity index is 1.50. The van der Waals surface area contributed by atoms with Gasteiger partial charge in [-0.25, -0.2) is 18.2 Å². The van der Waals surface area contributed by atoms with E-state index in [1.807, 2.05) is 0 Å². The molecule has 2 aliphatic rings. The fourth-order valence-corrected chi connectivity index (χ4v) is 5.21. The number of para-hydroxylation sites is 1. The molecule has 1 atom stereocenters. The average Bonchev–Trinajstić information content (AvgIpc) is 3.67. The van der Waals surface area contributed by atoms with Gasteiger partial charge in [-0.1, -0.05) is 23.9 Å². The lowest BCUT2D eigenvalue weighted by Gasteiger charge is -2.24. The Hall–Kier alpha value is -4.32.